The van der Waals surface area contributed by atoms with E-state index in [0.717, 1.165) is 56.1 Å². The molecule has 1 aromatic rings. The molecule has 8 atom stereocenters. The fourth-order valence-corrected chi connectivity index (χ4v) is 9.55. The highest BCUT2D eigenvalue weighted by atomic mass is 16.7. The number of carbonyl (C=O) groups excluding carboxylic acids is 1. The maximum absolute atomic E-state index is 13.0. The molecule has 5 aliphatic rings. The van der Waals surface area contributed by atoms with Gasteiger partial charge < -0.3 is 19.3 Å². The van der Waals surface area contributed by atoms with Crippen molar-refractivity contribution in [1.29, 1.82) is 0 Å². The van der Waals surface area contributed by atoms with Crippen molar-refractivity contribution in [2.24, 2.45) is 35.0 Å². The normalized spacial score (nSPS) is 43.1. The second-order valence-corrected chi connectivity index (χ2v) is 12.4. The Morgan fingerprint density at radius 2 is 1.86 bits per heavy atom. The van der Waals surface area contributed by atoms with E-state index in [2.05, 4.69) is 32.6 Å². The maximum atomic E-state index is 13.0. The molecule has 1 heterocycles. The Kier molecular flexibility index (Phi) is 5.94. The fourth-order valence-electron chi connectivity index (χ4n) is 9.55. The van der Waals surface area contributed by atoms with Gasteiger partial charge in [-0.1, -0.05) is 44.7 Å². The summed E-state index contributed by atoms with van der Waals surface area (Å²) in [5.41, 5.74) is 0.823. The van der Waals surface area contributed by atoms with Crippen LogP contribution in [0.4, 0.5) is 0 Å². The van der Waals surface area contributed by atoms with Crippen molar-refractivity contribution in [3.05, 3.63) is 42.0 Å². The van der Waals surface area contributed by atoms with Crippen LogP contribution >= 0.6 is 0 Å². The standard InChI is InChI=1S/C31H42O5/c1-5-34-20(3)21-8-6-7-9-23(21)28-30(35-16-17-36-30)15-13-26-22-12-14-29(4)25(10-11-27(29)32)24(22)18-19(2)31(26,28)33/h6-9,19,22,24-26,28,33H,3,5,10-18H2,1-2,4H3/t19-,22+,24-,25+,26-,28?,29+,31+/m1/s1. The quantitative estimate of drug-likeness (QED) is 0.543. The average molecular weight is 495 g/mol. The molecule has 1 aromatic carbocycles. The van der Waals surface area contributed by atoms with E-state index in [-0.39, 0.29) is 23.2 Å². The second kappa shape index (κ2) is 8.68. The number of aliphatic hydroxyl groups is 1. The summed E-state index contributed by atoms with van der Waals surface area (Å²) in [6.45, 7) is 12.3. The Morgan fingerprint density at radius 1 is 1.11 bits per heavy atom. The lowest BCUT2D eigenvalue weighted by molar-refractivity contribution is -0.286. The molecular formula is C31H42O5. The maximum Gasteiger partial charge on any atom is 0.178 e. The summed E-state index contributed by atoms with van der Waals surface area (Å²) in [6.07, 6.45) is 6.35. The number of fused-ring (bicyclic) bond motifs is 5. The van der Waals surface area contributed by atoms with Crippen LogP contribution in [0.25, 0.3) is 5.76 Å². The molecule has 36 heavy (non-hydrogen) atoms. The molecule has 6 rings (SSSR count). The number of hydrogen-bond acceptors (Lipinski definition) is 5. The van der Waals surface area contributed by atoms with E-state index in [9.17, 15) is 9.90 Å². The van der Waals surface area contributed by atoms with Crippen LogP contribution in [0.15, 0.2) is 30.8 Å². The molecule has 1 aliphatic heterocycles. The van der Waals surface area contributed by atoms with Crippen molar-refractivity contribution in [3.8, 4) is 0 Å². The first-order valence-electron chi connectivity index (χ1n) is 14.2. The topological polar surface area (TPSA) is 65.0 Å². The molecule has 5 fully saturated rings. The van der Waals surface area contributed by atoms with Crippen LogP contribution in [0.3, 0.4) is 0 Å². The monoisotopic (exact) mass is 494 g/mol. The summed E-state index contributed by atoms with van der Waals surface area (Å²) in [7, 11) is 0. The Hall–Kier alpha value is -1.69. The van der Waals surface area contributed by atoms with Gasteiger partial charge in [0.05, 0.1) is 31.3 Å². The van der Waals surface area contributed by atoms with Crippen LogP contribution in [0, 0.1) is 35.0 Å². The molecule has 1 unspecified atom stereocenters. The van der Waals surface area contributed by atoms with Crippen molar-refractivity contribution >= 4 is 11.5 Å². The first-order valence-corrected chi connectivity index (χ1v) is 14.2. The largest absolute Gasteiger partial charge is 0.494 e. The summed E-state index contributed by atoms with van der Waals surface area (Å²) >= 11 is 0. The highest BCUT2D eigenvalue weighted by Gasteiger charge is 2.69. The van der Waals surface area contributed by atoms with Gasteiger partial charge in [0.2, 0.25) is 0 Å². The van der Waals surface area contributed by atoms with Gasteiger partial charge in [0.25, 0.3) is 0 Å². The number of Topliss-reactive ketones (excluding diaryl/α,β-unsaturated/α-hetero) is 1. The highest BCUT2D eigenvalue weighted by molar-refractivity contribution is 5.87. The SMILES string of the molecule is C=C(OCC)c1ccccc1C1C2(CC[C@@H]3[C@H]4CC[C@]5(C)C(=O)CC[C@H]5[C@@H]4C[C@@H](C)[C@@]13O)OCCO2. The van der Waals surface area contributed by atoms with Crippen LogP contribution in [0.5, 0.6) is 0 Å². The number of hydrogen-bond donors (Lipinski definition) is 1. The first-order chi connectivity index (χ1) is 17.3. The minimum absolute atomic E-state index is 0.0604. The van der Waals surface area contributed by atoms with E-state index in [1.54, 1.807) is 0 Å². The molecular weight excluding hydrogens is 452 g/mol. The van der Waals surface area contributed by atoms with Crippen LogP contribution in [0.2, 0.25) is 0 Å². The summed E-state index contributed by atoms with van der Waals surface area (Å²) in [4.78, 5) is 12.9. The molecule has 0 bridgehead atoms. The third kappa shape index (κ3) is 3.28. The lowest BCUT2D eigenvalue weighted by atomic mass is 9.44. The summed E-state index contributed by atoms with van der Waals surface area (Å²) in [5, 5.41) is 13.0. The zero-order chi connectivity index (χ0) is 25.3. The molecule has 4 aliphatic carbocycles. The minimum Gasteiger partial charge on any atom is -0.494 e. The number of carbonyl (C=O) groups is 1. The molecule has 0 radical (unpaired) electrons. The van der Waals surface area contributed by atoms with Gasteiger partial charge in [-0.05, 0) is 74.2 Å². The predicted molar refractivity (Wildman–Crippen MR) is 138 cm³/mol. The molecule has 196 valence electrons. The van der Waals surface area contributed by atoms with Crippen LogP contribution in [0.1, 0.15) is 82.8 Å². The minimum atomic E-state index is -0.970. The highest BCUT2D eigenvalue weighted by Crippen LogP contribution is 2.67. The van der Waals surface area contributed by atoms with Gasteiger partial charge in [0.15, 0.2) is 5.79 Å². The Labute approximate surface area is 215 Å². The van der Waals surface area contributed by atoms with Gasteiger partial charge in [-0.2, -0.15) is 0 Å². The van der Waals surface area contributed by atoms with Gasteiger partial charge in [0.1, 0.15) is 11.5 Å². The van der Waals surface area contributed by atoms with E-state index < -0.39 is 11.4 Å². The summed E-state index contributed by atoms with van der Waals surface area (Å²) < 4.78 is 18.8. The molecule has 1 N–H and O–H groups in total. The average Bonchev–Trinajstić information content (AvgIpc) is 3.44. The zero-order valence-corrected chi connectivity index (χ0v) is 22.1. The molecule has 1 saturated heterocycles. The predicted octanol–water partition coefficient (Wildman–Crippen LogP) is 5.71. The smallest absolute Gasteiger partial charge is 0.178 e. The third-order valence-corrected chi connectivity index (χ3v) is 11.1. The van der Waals surface area contributed by atoms with Crippen molar-refractivity contribution in [3.63, 3.8) is 0 Å². The molecule has 4 saturated carbocycles. The van der Waals surface area contributed by atoms with Gasteiger partial charge in [-0.25, -0.2) is 0 Å². The van der Waals surface area contributed by atoms with Gasteiger partial charge in [-0.3, -0.25) is 4.79 Å². The number of ether oxygens (including phenoxy) is 3. The molecule has 0 amide bonds. The fraction of sp³-hybridized carbons (Fsp3) is 0.710. The third-order valence-electron chi connectivity index (χ3n) is 11.1. The lowest BCUT2D eigenvalue weighted by Crippen LogP contribution is -2.67. The van der Waals surface area contributed by atoms with Crippen LogP contribution in [-0.4, -0.2) is 42.1 Å². The number of benzene rings is 1. The molecule has 1 spiro atoms. The van der Waals surface area contributed by atoms with E-state index >= 15 is 0 Å². The van der Waals surface area contributed by atoms with E-state index in [0.29, 0.717) is 49.1 Å². The number of rotatable bonds is 4. The van der Waals surface area contributed by atoms with E-state index in [1.165, 1.54) is 0 Å². The molecule has 5 heteroatoms. The van der Waals surface area contributed by atoms with E-state index in [4.69, 9.17) is 14.2 Å². The van der Waals surface area contributed by atoms with E-state index in [1.807, 2.05) is 19.1 Å². The first kappa shape index (κ1) is 24.6. The van der Waals surface area contributed by atoms with Crippen molar-refractivity contribution < 1.29 is 24.1 Å². The van der Waals surface area contributed by atoms with Crippen LogP contribution < -0.4 is 0 Å². The van der Waals surface area contributed by atoms with Gasteiger partial charge in [0, 0.05) is 23.8 Å². The van der Waals surface area contributed by atoms with Crippen molar-refractivity contribution in [2.75, 3.05) is 19.8 Å². The van der Waals surface area contributed by atoms with Gasteiger partial charge in [-0.15, -0.1) is 0 Å². The van der Waals surface area contributed by atoms with Crippen molar-refractivity contribution in [2.45, 2.75) is 83.0 Å². The van der Waals surface area contributed by atoms with Crippen molar-refractivity contribution in [1.82, 2.24) is 0 Å². The Balaban J connectivity index is 1.45. The molecule has 5 nitrogen and oxygen atoms in total. The zero-order valence-electron chi connectivity index (χ0n) is 22.1. The number of ketones is 1. The Morgan fingerprint density at radius 3 is 2.61 bits per heavy atom. The van der Waals surface area contributed by atoms with Gasteiger partial charge >= 0.3 is 0 Å². The lowest BCUT2D eigenvalue weighted by Gasteiger charge is -2.64. The summed E-state index contributed by atoms with van der Waals surface area (Å²) in [5.74, 6) is 1.54. The Bertz CT molecular complexity index is 1040. The second-order valence-electron chi connectivity index (χ2n) is 12.4. The summed E-state index contributed by atoms with van der Waals surface area (Å²) in [6, 6.07) is 8.22. The van der Waals surface area contributed by atoms with Crippen LogP contribution in [-0.2, 0) is 19.0 Å². The molecule has 0 aromatic heterocycles.